The Kier molecular flexibility index (Phi) is 3.18. The van der Waals surface area contributed by atoms with Crippen LogP contribution in [-0.4, -0.2) is 16.5 Å². The fraction of sp³-hybridized carbons (Fsp3) is 0.182. The molecule has 2 rings (SSSR count). The first-order valence-electron chi connectivity index (χ1n) is 4.76. The molecule has 0 saturated heterocycles. The van der Waals surface area contributed by atoms with Crippen molar-refractivity contribution in [2.75, 3.05) is 6.54 Å². The van der Waals surface area contributed by atoms with Gasteiger partial charge in [0.15, 0.2) is 0 Å². The molecule has 0 saturated carbocycles. The van der Waals surface area contributed by atoms with E-state index in [1.165, 1.54) is 5.56 Å². The van der Waals surface area contributed by atoms with Crippen LogP contribution in [0.3, 0.4) is 0 Å². The van der Waals surface area contributed by atoms with Gasteiger partial charge in [0.2, 0.25) is 0 Å². The molecular weight excluding hydrogens is 254 g/mol. The topological polar surface area (TPSA) is 54.7 Å². The first-order chi connectivity index (χ1) is 7.31. The number of imidazole rings is 1. The summed E-state index contributed by atoms with van der Waals surface area (Å²) in [7, 11) is 0. The highest BCUT2D eigenvalue weighted by Crippen LogP contribution is 2.22. The Labute approximate surface area is 96.9 Å². The smallest absolute Gasteiger partial charge is 0.114 e. The minimum atomic E-state index is 0.146. The molecule has 1 unspecified atom stereocenters. The number of nitrogens with one attached hydrogen (secondary N) is 1. The second kappa shape index (κ2) is 4.59. The van der Waals surface area contributed by atoms with Crippen molar-refractivity contribution in [3.63, 3.8) is 0 Å². The van der Waals surface area contributed by atoms with Crippen molar-refractivity contribution in [1.82, 2.24) is 9.97 Å². The average Bonchev–Trinajstić information content (AvgIpc) is 2.75. The maximum absolute atomic E-state index is 5.76. The predicted octanol–water partition coefficient (Wildman–Crippen LogP) is 2.26. The third-order valence-corrected chi connectivity index (χ3v) is 2.89. The van der Waals surface area contributed by atoms with Crippen molar-refractivity contribution in [3.05, 3.63) is 52.5 Å². The molecule has 0 aliphatic rings. The number of aromatic amines is 1. The summed E-state index contributed by atoms with van der Waals surface area (Å²) in [5.41, 5.74) is 6.94. The van der Waals surface area contributed by atoms with E-state index in [4.69, 9.17) is 5.73 Å². The molecule has 3 N–H and O–H groups in total. The summed E-state index contributed by atoms with van der Waals surface area (Å²) < 4.78 is 1.07. The lowest BCUT2D eigenvalue weighted by Crippen LogP contribution is -2.15. The molecular formula is C11H12BrN3. The van der Waals surface area contributed by atoms with E-state index >= 15 is 0 Å². The van der Waals surface area contributed by atoms with Crippen LogP contribution in [0.15, 0.2) is 41.1 Å². The number of aromatic nitrogens is 2. The molecule has 1 atom stereocenters. The number of hydrogen-bond acceptors (Lipinski definition) is 2. The average molecular weight is 266 g/mol. The van der Waals surface area contributed by atoms with E-state index < -0.39 is 0 Å². The van der Waals surface area contributed by atoms with Gasteiger partial charge in [0.1, 0.15) is 5.82 Å². The number of H-pyrrole nitrogens is 1. The van der Waals surface area contributed by atoms with Gasteiger partial charge < -0.3 is 10.7 Å². The fourth-order valence-electron chi connectivity index (χ4n) is 1.57. The Morgan fingerprint density at radius 3 is 2.60 bits per heavy atom. The quantitative estimate of drug-likeness (QED) is 0.895. The normalized spacial score (nSPS) is 12.7. The summed E-state index contributed by atoms with van der Waals surface area (Å²) in [6.45, 7) is 0.551. The van der Waals surface area contributed by atoms with Gasteiger partial charge in [-0.2, -0.15) is 0 Å². The van der Waals surface area contributed by atoms with Crippen LogP contribution >= 0.6 is 15.9 Å². The van der Waals surface area contributed by atoms with E-state index in [1.807, 2.05) is 18.3 Å². The highest BCUT2D eigenvalue weighted by molar-refractivity contribution is 9.10. The van der Waals surface area contributed by atoms with Gasteiger partial charge in [-0.15, -0.1) is 0 Å². The van der Waals surface area contributed by atoms with Gasteiger partial charge in [0.25, 0.3) is 0 Å². The van der Waals surface area contributed by atoms with Crippen molar-refractivity contribution in [1.29, 1.82) is 0 Å². The van der Waals surface area contributed by atoms with Gasteiger partial charge in [0, 0.05) is 23.4 Å². The van der Waals surface area contributed by atoms with Crippen molar-refractivity contribution in [2.45, 2.75) is 5.92 Å². The Bertz CT molecular complexity index is 408. The molecule has 0 spiro atoms. The summed E-state index contributed by atoms with van der Waals surface area (Å²) in [5, 5.41) is 0. The van der Waals surface area contributed by atoms with Crippen molar-refractivity contribution in [2.24, 2.45) is 5.73 Å². The number of nitrogens with two attached hydrogens (primary N) is 1. The highest BCUT2D eigenvalue weighted by atomic mass is 79.9. The van der Waals surface area contributed by atoms with Crippen LogP contribution in [0.25, 0.3) is 0 Å². The van der Waals surface area contributed by atoms with E-state index in [0.29, 0.717) is 6.54 Å². The number of rotatable bonds is 3. The molecule has 15 heavy (non-hydrogen) atoms. The zero-order chi connectivity index (χ0) is 10.7. The summed E-state index contributed by atoms with van der Waals surface area (Å²) in [6.07, 6.45) is 3.56. The van der Waals surface area contributed by atoms with E-state index in [-0.39, 0.29) is 5.92 Å². The lowest BCUT2D eigenvalue weighted by atomic mass is 9.99. The maximum Gasteiger partial charge on any atom is 0.114 e. The van der Waals surface area contributed by atoms with Crippen molar-refractivity contribution < 1.29 is 0 Å². The lowest BCUT2D eigenvalue weighted by molar-refractivity contribution is 0.765. The minimum absolute atomic E-state index is 0.146. The lowest BCUT2D eigenvalue weighted by Gasteiger charge is -2.12. The Balaban J connectivity index is 2.31. The van der Waals surface area contributed by atoms with Crippen LogP contribution in [0.2, 0.25) is 0 Å². The number of halogens is 1. The van der Waals surface area contributed by atoms with Crippen molar-refractivity contribution in [3.8, 4) is 0 Å². The Morgan fingerprint density at radius 1 is 1.33 bits per heavy atom. The van der Waals surface area contributed by atoms with Crippen LogP contribution in [0.5, 0.6) is 0 Å². The van der Waals surface area contributed by atoms with E-state index in [1.54, 1.807) is 6.20 Å². The summed E-state index contributed by atoms with van der Waals surface area (Å²) >= 11 is 3.41. The molecule has 2 aromatic rings. The molecule has 0 fully saturated rings. The van der Waals surface area contributed by atoms with Gasteiger partial charge in [-0.25, -0.2) is 4.98 Å². The third kappa shape index (κ3) is 2.27. The zero-order valence-corrected chi connectivity index (χ0v) is 9.74. The Hall–Kier alpha value is -1.13. The minimum Gasteiger partial charge on any atom is -0.348 e. The highest BCUT2D eigenvalue weighted by Gasteiger charge is 2.13. The molecule has 1 heterocycles. The van der Waals surface area contributed by atoms with E-state index in [9.17, 15) is 0 Å². The van der Waals surface area contributed by atoms with Gasteiger partial charge in [-0.1, -0.05) is 28.1 Å². The second-order valence-electron chi connectivity index (χ2n) is 3.31. The van der Waals surface area contributed by atoms with Crippen LogP contribution in [0.4, 0.5) is 0 Å². The van der Waals surface area contributed by atoms with Gasteiger partial charge in [-0.05, 0) is 17.7 Å². The second-order valence-corrected chi connectivity index (χ2v) is 4.23. The fourth-order valence-corrected chi connectivity index (χ4v) is 1.83. The first kappa shape index (κ1) is 10.4. The summed E-state index contributed by atoms with van der Waals surface area (Å²) in [4.78, 5) is 7.34. The predicted molar refractivity (Wildman–Crippen MR) is 63.6 cm³/mol. The van der Waals surface area contributed by atoms with Gasteiger partial charge >= 0.3 is 0 Å². The molecule has 3 nitrogen and oxygen atoms in total. The molecule has 0 amide bonds. The number of nitrogens with zero attached hydrogens (tertiary/aromatic N) is 1. The number of hydrogen-bond donors (Lipinski definition) is 2. The maximum atomic E-state index is 5.76. The molecule has 0 radical (unpaired) electrons. The molecule has 0 aliphatic carbocycles. The van der Waals surface area contributed by atoms with E-state index in [2.05, 4.69) is 38.0 Å². The summed E-state index contributed by atoms with van der Waals surface area (Å²) in [6, 6.07) is 8.15. The molecule has 78 valence electrons. The van der Waals surface area contributed by atoms with Crippen LogP contribution in [0, 0.1) is 0 Å². The molecule has 1 aromatic heterocycles. The number of benzene rings is 1. The summed E-state index contributed by atoms with van der Waals surface area (Å²) in [5.74, 6) is 1.06. The SMILES string of the molecule is NCC(c1ccc(Br)cc1)c1ncc[nH]1. The van der Waals surface area contributed by atoms with Gasteiger partial charge in [0.05, 0.1) is 5.92 Å². The Morgan fingerprint density at radius 2 is 2.07 bits per heavy atom. The monoisotopic (exact) mass is 265 g/mol. The van der Waals surface area contributed by atoms with Crippen LogP contribution in [0.1, 0.15) is 17.3 Å². The van der Waals surface area contributed by atoms with Crippen LogP contribution < -0.4 is 5.73 Å². The van der Waals surface area contributed by atoms with Gasteiger partial charge in [-0.3, -0.25) is 0 Å². The molecule has 0 bridgehead atoms. The largest absolute Gasteiger partial charge is 0.348 e. The molecule has 1 aromatic carbocycles. The van der Waals surface area contributed by atoms with Crippen molar-refractivity contribution >= 4 is 15.9 Å². The third-order valence-electron chi connectivity index (χ3n) is 2.36. The van der Waals surface area contributed by atoms with Crippen LogP contribution in [-0.2, 0) is 0 Å². The first-order valence-corrected chi connectivity index (χ1v) is 5.55. The zero-order valence-electron chi connectivity index (χ0n) is 8.15. The molecule has 0 aliphatic heterocycles. The standard InChI is InChI=1S/C11H12BrN3/c12-9-3-1-8(2-4-9)10(7-13)11-14-5-6-15-11/h1-6,10H,7,13H2,(H,14,15). The molecule has 4 heteroatoms. The van der Waals surface area contributed by atoms with E-state index in [0.717, 1.165) is 10.3 Å².